The Balaban J connectivity index is 1.84. The maximum Gasteiger partial charge on any atom is 0.416 e. The molecule has 0 atom stereocenters. The van der Waals surface area contributed by atoms with Crippen molar-refractivity contribution in [3.63, 3.8) is 0 Å². The number of amides is 1. The molecular formula is C16H18F4N2O3S. The van der Waals surface area contributed by atoms with Gasteiger partial charge in [0.2, 0.25) is 15.9 Å². The standard InChI is InChI=1S/C16H18F4N2O3S/c17-12-8-11(16(18,19)20)9-13(10-12)26(24,25)22-6-3-15(4-7-22)2-1-5-21-14(15)23/h8-10H,1-7H2,(H,21,23). The van der Waals surface area contributed by atoms with Crippen molar-refractivity contribution in [2.24, 2.45) is 5.41 Å². The van der Waals surface area contributed by atoms with Crippen molar-refractivity contribution in [1.82, 2.24) is 9.62 Å². The van der Waals surface area contributed by atoms with Gasteiger partial charge in [0.05, 0.1) is 15.9 Å². The molecule has 2 aliphatic rings. The van der Waals surface area contributed by atoms with Gasteiger partial charge in [-0.3, -0.25) is 4.79 Å². The van der Waals surface area contributed by atoms with E-state index in [2.05, 4.69) is 5.32 Å². The van der Waals surface area contributed by atoms with Crippen molar-refractivity contribution in [2.45, 2.75) is 36.8 Å². The highest BCUT2D eigenvalue weighted by Crippen LogP contribution is 2.40. The molecule has 1 spiro atoms. The van der Waals surface area contributed by atoms with Crippen LogP contribution in [-0.4, -0.2) is 38.3 Å². The summed E-state index contributed by atoms with van der Waals surface area (Å²) in [4.78, 5) is 11.4. The number of hydrogen-bond acceptors (Lipinski definition) is 3. The van der Waals surface area contributed by atoms with Crippen LogP contribution in [-0.2, 0) is 21.0 Å². The molecule has 26 heavy (non-hydrogen) atoms. The van der Waals surface area contributed by atoms with E-state index >= 15 is 0 Å². The summed E-state index contributed by atoms with van der Waals surface area (Å²) in [5, 5.41) is 2.78. The number of rotatable bonds is 2. The van der Waals surface area contributed by atoms with E-state index < -0.39 is 37.9 Å². The predicted octanol–water partition coefficient (Wildman–Crippen LogP) is 2.53. The average Bonchev–Trinajstić information content (AvgIpc) is 2.57. The molecule has 0 aromatic heterocycles. The number of piperidine rings is 2. The molecule has 0 bridgehead atoms. The number of carbonyl (C=O) groups excluding carboxylic acids is 1. The van der Waals surface area contributed by atoms with E-state index in [0.29, 0.717) is 37.9 Å². The second-order valence-corrected chi connectivity index (χ2v) is 8.66. The maximum atomic E-state index is 13.6. The third-order valence-electron chi connectivity index (χ3n) is 5.12. The highest BCUT2D eigenvalue weighted by atomic mass is 32.2. The van der Waals surface area contributed by atoms with Crippen LogP contribution >= 0.6 is 0 Å². The van der Waals surface area contributed by atoms with E-state index in [1.165, 1.54) is 0 Å². The monoisotopic (exact) mass is 394 g/mol. The minimum absolute atomic E-state index is 0.00756. The number of nitrogens with one attached hydrogen (secondary N) is 1. The Kier molecular flexibility index (Phi) is 4.76. The number of benzene rings is 1. The molecule has 0 radical (unpaired) electrons. The lowest BCUT2D eigenvalue weighted by atomic mass is 9.73. The third-order valence-corrected chi connectivity index (χ3v) is 6.99. The van der Waals surface area contributed by atoms with Crippen LogP contribution in [0.2, 0.25) is 0 Å². The summed E-state index contributed by atoms with van der Waals surface area (Å²) in [5.41, 5.74) is -1.97. The molecule has 5 nitrogen and oxygen atoms in total. The zero-order valence-corrected chi connectivity index (χ0v) is 14.6. The number of sulfonamides is 1. The van der Waals surface area contributed by atoms with Crippen LogP contribution in [0, 0.1) is 11.2 Å². The Bertz CT molecular complexity index is 815. The molecule has 0 aliphatic carbocycles. The van der Waals surface area contributed by atoms with Gasteiger partial charge in [0.25, 0.3) is 0 Å². The van der Waals surface area contributed by atoms with Crippen molar-refractivity contribution in [1.29, 1.82) is 0 Å². The minimum atomic E-state index is -4.85. The fraction of sp³-hybridized carbons (Fsp3) is 0.562. The van der Waals surface area contributed by atoms with Crippen molar-refractivity contribution in [2.75, 3.05) is 19.6 Å². The molecule has 3 rings (SSSR count). The van der Waals surface area contributed by atoms with Crippen molar-refractivity contribution in [3.8, 4) is 0 Å². The van der Waals surface area contributed by atoms with E-state index in [1.54, 1.807) is 0 Å². The quantitative estimate of drug-likeness (QED) is 0.784. The molecule has 1 aromatic rings. The third kappa shape index (κ3) is 3.44. The Hall–Kier alpha value is -1.68. The molecular weight excluding hydrogens is 376 g/mol. The Morgan fingerprint density at radius 1 is 1.08 bits per heavy atom. The van der Waals surface area contributed by atoms with Gasteiger partial charge in [-0.05, 0) is 43.9 Å². The van der Waals surface area contributed by atoms with Crippen LogP contribution in [0.5, 0.6) is 0 Å². The summed E-state index contributed by atoms with van der Waals surface area (Å²) >= 11 is 0. The molecule has 1 N–H and O–H groups in total. The fourth-order valence-corrected chi connectivity index (χ4v) is 5.08. The van der Waals surface area contributed by atoms with Gasteiger partial charge in [-0.15, -0.1) is 0 Å². The zero-order valence-electron chi connectivity index (χ0n) is 13.8. The lowest BCUT2D eigenvalue weighted by molar-refractivity contribution is -0.138. The fourth-order valence-electron chi connectivity index (χ4n) is 3.59. The minimum Gasteiger partial charge on any atom is -0.356 e. The Labute approximate surface area is 148 Å². The Morgan fingerprint density at radius 3 is 2.31 bits per heavy atom. The summed E-state index contributed by atoms with van der Waals surface area (Å²) in [5.74, 6) is -1.37. The van der Waals surface area contributed by atoms with E-state index in [1.807, 2.05) is 0 Å². The second-order valence-electron chi connectivity index (χ2n) is 6.72. The molecule has 0 saturated carbocycles. The number of carbonyl (C=O) groups is 1. The first-order valence-corrected chi connectivity index (χ1v) is 9.65. The van der Waals surface area contributed by atoms with E-state index in [4.69, 9.17) is 0 Å². The van der Waals surface area contributed by atoms with E-state index in [9.17, 15) is 30.8 Å². The molecule has 10 heteroatoms. The average molecular weight is 394 g/mol. The molecule has 1 aromatic carbocycles. The van der Waals surface area contributed by atoms with Crippen molar-refractivity contribution >= 4 is 15.9 Å². The van der Waals surface area contributed by atoms with Gasteiger partial charge < -0.3 is 5.32 Å². The van der Waals surface area contributed by atoms with Crippen LogP contribution in [0.15, 0.2) is 23.1 Å². The maximum absolute atomic E-state index is 13.6. The number of nitrogens with zero attached hydrogens (tertiary/aromatic N) is 1. The molecule has 144 valence electrons. The first-order valence-electron chi connectivity index (χ1n) is 8.21. The molecule has 2 fully saturated rings. The normalized spacial score (nSPS) is 21.6. The highest BCUT2D eigenvalue weighted by Gasteiger charge is 2.45. The van der Waals surface area contributed by atoms with Crippen LogP contribution in [0.4, 0.5) is 17.6 Å². The summed E-state index contributed by atoms with van der Waals surface area (Å²) in [6.07, 6.45) is -2.81. The van der Waals surface area contributed by atoms with Crippen molar-refractivity contribution in [3.05, 3.63) is 29.6 Å². The van der Waals surface area contributed by atoms with Crippen LogP contribution in [0.3, 0.4) is 0 Å². The topological polar surface area (TPSA) is 66.5 Å². The second kappa shape index (κ2) is 6.49. The summed E-state index contributed by atoms with van der Waals surface area (Å²) in [7, 11) is -4.28. The van der Waals surface area contributed by atoms with Gasteiger partial charge >= 0.3 is 6.18 Å². The number of halogens is 4. The van der Waals surface area contributed by atoms with Gasteiger partial charge in [0.15, 0.2) is 0 Å². The van der Waals surface area contributed by atoms with Crippen LogP contribution in [0.25, 0.3) is 0 Å². The number of alkyl halides is 3. The smallest absolute Gasteiger partial charge is 0.356 e. The summed E-state index contributed by atoms with van der Waals surface area (Å²) < 4.78 is 78.4. The van der Waals surface area contributed by atoms with Gasteiger partial charge in [-0.1, -0.05) is 0 Å². The Morgan fingerprint density at radius 2 is 1.73 bits per heavy atom. The van der Waals surface area contributed by atoms with Crippen LogP contribution in [0.1, 0.15) is 31.2 Å². The first kappa shape index (κ1) is 19.1. The first-order chi connectivity index (χ1) is 12.0. The molecule has 2 saturated heterocycles. The number of hydrogen-bond donors (Lipinski definition) is 1. The zero-order chi connectivity index (χ0) is 19.2. The molecule has 2 heterocycles. The highest BCUT2D eigenvalue weighted by molar-refractivity contribution is 7.89. The molecule has 0 unspecified atom stereocenters. The molecule has 2 aliphatic heterocycles. The largest absolute Gasteiger partial charge is 0.416 e. The summed E-state index contributed by atoms with van der Waals surface area (Å²) in [6, 6.07) is 1.29. The van der Waals surface area contributed by atoms with E-state index in [-0.39, 0.29) is 25.1 Å². The van der Waals surface area contributed by atoms with Gasteiger partial charge in [0.1, 0.15) is 5.82 Å². The van der Waals surface area contributed by atoms with Crippen LogP contribution < -0.4 is 5.32 Å². The van der Waals surface area contributed by atoms with E-state index in [0.717, 1.165) is 10.7 Å². The van der Waals surface area contributed by atoms with Gasteiger partial charge in [-0.25, -0.2) is 12.8 Å². The van der Waals surface area contributed by atoms with Gasteiger partial charge in [-0.2, -0.15) is 17.5 Å². The summed E-state index contributed by atoms with van der Waals surface area (Å²) in [6.45, 7) is 0.605. The lowest BCUT2D eigenvalue weighted by Gasteiger charge is -2.42. The predicted molar refractivity (Wildman–Crippen MR) is 84.1 cm³/mol. The lowest BCUT2D eigenvalue weighted by Crippen LogP contribution is -2.52. The SMILES string of the molecule is O=C1NCCCC12CCN(S(=O)(=O)c1cc(F)cc(C(F)(F)F)c1)CC2. The van der Waals surface area contributed by atoms with Crippen molar-refractivity contribution < 1.29 is 30.8 Å². The molecule has 1 amide bonds. The van der Waals surface area contributed by atoms with Gasteiger partial charge in [0, 0.05) is 19.6 Å².